The summed E-state index contributed by atoms with van der Waals surface area (Å²) in [6, 6.07) is 0.406. The molecular weight excluding hydrogens is 220 g/mol. The zero-order chi connectivity index (χ0) is 9.14. The highest BCUT2D eigenvalue weighted by Crippen LogP contribution is 2.15. The van der Waals surface area contributed by atoms with Gasteiger partial charge in [0.2, 0.25) is 0 Å². The smallest absolute Gasteiger partial charge is 0.317 e. The van der Waals surface area contributed by atoms with Crippen LogP contribution >= 0.6 is 15.9 Å². The maximum absolute atomic E-state index is 11.3. The van der Waals surface area contributed by atoms with Crippen molar-refractivity contribution in [2.75, 3.05) is 13.1 Å². The van der Waals surface area contributed by atoms with Gasteiger partial charge in [-0.2, -0.15) is 0 Å². The quantitative estimate of drug-likeness (QED) is 0.773. The van der Waals surface area contributed by atoms with Crippen molar-refractivity contribution < 1.29 is 4.79 Å². The molecule has 0 bridgehead atoms. The Morgan fingerprint density at radius 2 is 2.50 bits per heavy atom. The van der Waals surface area contributed by atoms with Crippen molar-refractivity contribution in [3.8, 4) is 0 Å². The normalized spacial score (nSPS) is 21.5. The van der Waals surface area contributed by atoms with Gasteiger partial charge < -0.3 is 10.2 Å². The molecule has 0 radical (unpaired) electrons. The molecule has 1 aliphatic heterocycles. The van der Waals surface area contributed by atoms with Crippen molar-refractivity contribution in [3.05, 3.63) is 11.1 Å². The number of urea groups is 1. The maximum Gasteiger partial charge on any atom is 0.317 e. The molecular formula is C8H13BrN2O. The molecule has 1 fully saturated rings. The fourth-order valence-corrected chi connectivity index (χ4v) is 1.23. The number of nitrogens with one attached hydrogen (secondary N) is 1. The molecule has 1 unspecified atom stereocenters. The lowest BCUT2D eigenvalue weighted by atomic mass is 10.1. The molecule has 1 saturated heterocycles. The molecule has 0 spiro atoms. The van der Waals surface area contributed by atoms with Crippen LogP contribution < -0.4 is 5.32 Å². The molecule has 12 heavy (non-hydrogen) atoms. The minimum atomic E-state index is 0.00866. The first-order valence-corrected chi connectivity index (χ1v) is 4.78. The number of halogens is 1. The summed E-state index contributed by atoms with van der Waals surface area (Å²) >= 11 is 3.18. The number of carbonyl (C=O) groups is 1. The Hall–Kier alpha value is -0.510. The molecule has 0 aromatic carbocycles. The number of hydrogen-bond donors (Lipinski definition) is 1. The number of rotatable bonds is 2. The highest BCUT2D eigenvalue weighted by molar-refractivity contribution is 9.11. The summed E-state index contributed by atoms with van der Waals surface area (Å²) in [5, 5.41) is 2.76. The minimum Gasteiger partial charge on any atom is -0.333 e. The monoisotopic (exact) mass is 232 g/mol. The van der Waals surface area contributed by atoms with Gasteiger partial charge in [0.25, 0.3) is 0 Å². The van der Waals surface area contributed by atoms with Gasteiger partial charge >= 0.3 is 6.03 Å². The number of likely N-dealkylation sites (tertiary alicyclic amines) is 1. The molecule has 1 atom stereocenters. The molecule has 68 valence electrons. The standard InChI is InChI=1S/C8H13BrN2O/c1-6(9)5-10-8(12)11-4-3-7(11)2/h7H,1,3-5H2,2H3,(H,10,12). The zero-order valence-corrected chi connectivity index (χ0v) is 8.73. The summed E-state index contributed by atoms with van der Waals surface area (Å²) in [7, 11) is 0. The van der Waals surface area contributed by atoms with E-state index in [1.165, 1.54) is 0 Å². The van der Waals surface area contributed by atoms with Gasteiger partial charge in [-0.3, -0.25) is 0 Å². The Labute approximate surface area is 80.9 Å². The van der Waals surface area contributed by atoms with Crippen LogP contribution in [0, 0.1) is 0 Å². The first-order valence-electron chi connectivity index (χ1n) is 3.99. The molecule has 2 amide bonds. The number of nitrogens with zero attached hydrogens (tertiary/aromatic N) is 1. The second-order valence-corrected chi connectivity index (χ2v) is 4.13. The van der Waals surface area contributed by atoms with Crippen molar-refractivity contribution in [3.63, 3.8) is 0 Å². The molecule has 1 heterocycles. The average molecular weight is 233 g/mol. The number of hydrogen-bond acceptors (Lipinski definition) is 1. The lowest BCUT2D eigenvalue weighted by molar-refractivity contribution is 0.126. The van der Waals surface area contributed by atoms with Crippen LogP contribution in [0.4, 0.5) is 4.79 Å². The van der Waals surface area contributed by atoms with Crippen LogP contribution in [-0.2, 0) is 0 Å². The van der Waals surface area contributed by atoms with Gasteiger partial charge in [-0.1, -0.05) is 22.5 Å². The molecule has 0 saturated carbocycles. The van der Waals surface area contributed by atoms with E-state index in [2.05, 4.69) is 27.8 Å². The summed E-state index contributed by atoms with van der Waals surface area (Å²) in [4.78, 5) is 13.1. The second kappa shape index (κ2) is 3.94. The summed E-state index contributed by atoms with van der Waals surface area (Å²) in [6.45, 7) is 7.06. The molecule has 0 aliphatic carbocycles. The van der Waals surface area contributed by atoms with E-state index in [0.29, 0.717) is 12.6 Å². The van der Waals surface area contributed by atoms with E-state index in [0.717, 1.165) is 17.4 Å². The van der Waals surface area contributed by atoms with E-state index in [4.69, 9.17) is 0 Å². The van der Waals surface area contributed by atoms with Gasteiger partial charge in [-0.05, 0) is 13.3 Å². The van der Waals surface area contributed by atoms with Crippen LogP contribution in [0.5, 0.6) is 0 Å². The van der Waals surface area contributed by atoms with Gasteiger partial charge in [0.15, 0.2) is 0 Å². The SMILES string of the molecule is C=C(Br)CNC(=O)N1CCC1C. The van der Waals surface area contributed by atoms with E-state index >= 15 is 0 Å². The fraction of sp³-hybridized carbons (Fsp3) is 0.625. The zero-order valence-electron chi connectivity index (χ0n) is 7.14. The highest BCUT2D eigenvalue weighted by Gasteiger charge is 2.27. The molecule has 4 heteroatoms. The third kappa shape index (κ3) is 2.24. The fourth-order valence-electron chi connectivity index (χ4n) is 1.09. The minimum absolute atomic E-state index is 0.00866. The Kier molecular flexibility index (Phi) is 3.14. The van der Waals surface area contributed by atoms with Crippen LogP contribution in [0.15, 0.2) is 11.1 Å². The topological polar surface area (TPSA) is 32.3 Å². The molecule has 1 N–H and O–H groups in total. The number of amides is 2. The Morgan fingerprint density at radius 1 is 1.83 bits per heavy atom. The Balaban J connectivity index is 2.24. The van der Waals surface area contributed by atoms with Crippen molar-refractivity contribution in [2.24, 2.45) is 0 Å². The van der Waals surface area contributed by atoms with Gasteiger partial charge in [0.1, 0.15) is 0 Å². The van der Waals surface area contributed by atoms with Crippen LogP contribution in [0.1, 0.15) is 13.3 Å². The maximum atomic E-state index is 11.3. The van der Waals surface area contributed by atoms with Crippen LogP contribution in [0.25, 0.3) is 0 Å². The third-order valence-electron chi connectivity index (χ3n) is 2.01. The predicted octanol–water partition coefficient (Wildman–Crippen LogP) is 1.70. The lowest BCUT2D eigenvalue weighted by Crippen LogP contribution is -2.53. The molecule has 0 aromatic rings. The predicted molar refractivity (Wildman–Crippen MR) is 52.3 cm³/mol. The largest absolute Gasteiger partial charge is 0.333 e. The third-order valence-corrected chi connectivity index (χ3v) is 2.29. The van der Waals surface area contributed by atoms with Gasteiger partial charge in [0, 0.05) is 17.1 Å². The van der Waals surface area contributed by atoms with E-state index < -0.39 is 0 Å². The van der Waals surface area contributed by atoms with Crippen molar-refractivity contribution >= 4 is 22.0 Å². The van der Waals surface area contributed by atoms with E-state index in [-0.39, 0.29) is 6.03 Å². The average Bonchev–Trinajstić information content (AvgIpc) is 1.98. The van der Waals surface area contributed by atoms with Crippen molar-refractivity contribution in [1.29, 1.82) is 0 Å². The first-order chi connectivity index (χ1) is 5.61. The summed E-state index contributed by atoms with van der Waals surface area (Å²) in [5.74, 6) is 0. The van der Waals surface area contributed by atoms with Crippen molar-refractivity contribution in [1.82, 2.24) is 10.2 Å². The Morgan fingerprint density at radius 3 is 2.83 bits per heavy atom. The van der Waals surface area contributed by atoms with E-state index in [1.54, 1.807) is 0 Å². The van der Waals surface area contributed by atoms with E-state index in [9.17, 15) is 4.79 Å². The van der Waals surface area contributed by atoms with Crippen molar-refractivity contribution in [2.45, 2.75) is 19.4 Å². The van der Waals surface area contributed by atoms with E-state index in [1.807, 2.05) is 11.8 Å². The summed E-state index contributed by atoms with van der Waals surface area (Å²) in [6.07, 6.45) is 1.11. The molecule has 1 rings (SSSR count). The summed E-state index contributed by atoms with van der Waals surface area (Å²) < 4.78 is 0.795. The first kappa shape index (κ1) is 9.58. The van der Waals surface area contributed by atoms with Crippen LogP contribution in [0.2, 0.25) is 0 Å². The molecule has 1 aliphatic rings. The van der Waals surface area contributed by atoms with Crippen LogP contribution in [0.3, 0.4) is 0 Å². The van der Waals surface area contributed by atoms with Gasteiger partial charge in [-0.25, -0.2) is 4.79 Å². The Bertz CT molecular complexity index is 205. The number of carbonyl (C=O) groups excluding carboxylic acids is 1. The second-order valence-electron chi connectivity index (χ2n) is 3.01. The lowest BCUT2D eigenvalue weighted by Gasteiger charge is -2.38. The van der Waals surface area contributed by atoms with Gasteiger partial charge in [-0.15, -0.1) is 0 Å². The van der Waals surface area contributed by atoms with Gasteiger partial charge in [0.05, 0.1) is 6.54 Å². The molecule has 3 nitrogen and oxygen atoms in total. The van der Waals surface area contributed by atoms with Crippen LogP contribution in [-0.4, -0.2) is 30.1 Å². The molecule has 0 aromatic heterocycles. The summed E-state index contributed by atoms with van der Waals surface area (Å²) in [5.41, 5.74) is 0. The highest BCUT2D eigenvalue weighted by atomic mass is 79.9.